The van der Waals surface area contributed by atoms with Crippen molar-refractivity contribution in [2.45, 2.75) is 0 Å². The smallest absolute Gasteiger partial charge is 0.354 e. The number of hydrogen-bond acceptors (Lipinski definition) is 5. The second kappa shape index (κ2) is 5.92. The Kier molecular flexibility index (Phi) is 4.05. The van der Waals surface area contributed by atoms with Crippen LogP contribution in [0.4, 0.5) is 0 Å². The molecule has 6 nitrogen and oxygen atoms in total. The van der Waals surface area contributed by atoms with Gasteiger partial charge < -0.3 is 19.3 Å². The number of aromatic carboxylic acids is 1. The van der Waals surface area contributed by atoms with Gasteiger partial charge in [0, 0.05) is 0 Å². The molecule has 0 atom stereocenters. The second-order valence-electron chi connectivity index (χ2n) is 3.78. The van der Waals surface area contributed by atoms with Crippen LogP contribution >= 0.6 is 0 Å². The van der Waals surface area contributed by atoms with E-state index >= 15 is 0 Å². The molecule has 0 spiro atoms. The lowest BCUT2D eigenvalue weighted by Crippen LogP contribution is -2.00. The molecule has 6 heteroatoms. The number of rotatable bonds is 5. The van der Waals surface area contributed by atoms with Gasteiger partial charge in [-0.15, -0.1) is 0 Å². The summed E-state index contributed by atoms with van der Waals surface area (Å²) in [7, 11) is 3.04. The number of carbonyl (C=O) groups is 1. The molecule has 0 fully saturated rings. The van der Waals surface area contributed by atoms with Gasteiger partial charge in [0.15, 0.2) is 11.5 Å². The quantitative estimate of drug-likeness (QED) is 0.903. The van der Waals surface area contributed by atoms with Crippen LogP contribution in [0.15, 0.2) is 36.5 Å². The molecule has 0 saturated carbocycles. The molecule has 2 rings (SSSR count). The molecule has 0 aliphatic heterocycles. The summed E-state index contributed by atoms with van der Waals surface area (Å²) in [5.74, 6) is 0.713. The Morgan fingerprint density at radius 3 is 2.20 bits per heavy atom. The van der Waals surface area contributed by atoms with Gasteiger partial charge in [0.05, 0.1) is 20.4 Å². The molecule has 104 valence electrons. The summed E-state index contributed by atoms with van der Waals surface area (Å²) < 4.78 is 16.1. The molecule has 0 amide bonds. The molecule has 20 heavy (non-hydrogen) atoms. The highest BCUT2D eigenvalue weighted by Gasteiger charge is 2.13. The van der Waals surface area contributed by atoms with Crippen LogP contribution in [0.3, 0.4) is 0 Å². The first-order valence-corrected chi connectivity index (χ1v) is 5.74. The largest absolute Gasteiger partial charge is 0.493 e. The topological polar surface area (TPSA) is 77.9 Å². The number of ether oxygens (including phenoxy) is 3. The maximum atomic E-state index is 10.7. The van der Waals surface area contributed by atoms with E-state index in [4.69, 9.17) is 19.3 Å². The number of nitrogens with zero attached hydrogens (tertiary/aromatic N) is 1. The standard InChI is InChI=1S/C14H13NO5/c1-18-11-4-3-5-12(19-2)13(11)20-9-6-7-10(14(16)17)15-8-9/h3-8H,1-2H3,(H,16,17). The Bertz CT molecular complexity index is 587. The summed E-state index contributed by atoms with van der Waals surface area (Å²) in [6.07, 6.45) is 1.33. The van der Waals surface area contributed by atoms with Crippen molar-refractivity contribution in [3.05, 3.63) is 42.2 Å². The third-order valence-corrected chi connectivity index (χ3v) is 2.56. The van der Waals surface area contributed by atoms with Crippen LogP contribution < -0.4 is 14.2 Å². The minimum Gasteiger partial charge on any atom is -0.493 e. The molecule has 1 aromatic heterocycles. The summed E-state index contributed by atoms with van der Waals surface area (Å²) in [6.45, 7) is 0. The fourth-order valence-electron chi connectivity index (χ4n) is 1.60. The second-order valence-corrected chi connectivity index (χ2v) is 3.78. The molecule has 0 unspecified atom stereocenters. The van der Waals surface area contributed by atoms with E-state index in [1.807, 2.05) is 0 Å². The number of benzene rings is 1. The first-order valence-electron chi connectivity index (χ1n) is 5.74. The van der Waals surface area contributed by atoms with E-state index < -0.39 is 5.97 Å². The SMILES string of the molecule is COc1cccc(OC)c1Oc1ccc(C(=O)O)nc1. The monoisotopic (exact) mass is 275 g/mol. The summed E-state index contributed by atoms with van der Waals surface area (Å²) >= 11 is 0. The molecular formula is C14H13NO5. The van der Waals surface area contributed by atoms with Crippen molar-refractivity contribution in [2.75, 3.05) is 14.2 Å². The third kappa shape index (κ3) is 2.80. The van der Waals surface area contributed by atoms with Gasteiger partial charge in [-0.1, -0.05) is 6.07 Å². The predicted molar refractivity (Wildman–Crippen MR) is 70.8 cm³/mol. The van der Waals surface area contributed by atoms with Crippen LogP contribution in [0.1, 0.15) is 10.5 Å². The minimum atomic E-state index is -1.09. The zero-order valence-corrected chi connectivity index (χ0v) is 11.0. The normalized spacial score (nSPS) is 9.90. The van der Waals surface area contributed by atoms with Crippen molar-refractivity contribution < 1.29 is 24.1 Å². The first kappa shape index (κ1) is 13.7. The first-order chi connectivity index (χ1) is 9.65. The molecular weight excluding hydrogens is 262 g/mol. The van der Waals surface area contributed by atoms with E-state index in [2.05, 4.69) is 4.98 Å². The lowest BCUT2D eigenvalue weighted by atomic mass is 10.3. The summed E-state index contributed by atoms with van der Waals surface area (Å²) in [4.78, 5) is 14.5. The van der Waals surface area contributed by atoms with E-state index in [9.17, 15) is 4.79 Å². The van der Waals surface area contributed by atoms with Gasteiger partial charge in [-0.2, -0.15) is 0 Å². The Labute approximate surface area is 115 Å². The highest BCUT2D eigenvalue weighted by Crippen LogP contribution is 2.39. The van der Waals surface area contributed by atoms with Crippen molar-refractivity contribution in [3.8, 4) is 23.0 Å². The number of para-hydroxylation sites is 1. The average molecular weight is 275 g/mol. The lowest BCUT2D eigenvalue weighted by Gasteiger charge is -2.13. The van der Waals surface area contributed by atoms with Gasteiger partial charge >= 0.3 is 5.97 Å². The van der Waals surface area contributed by atoms with Crippen molar-refractivity contribution in [2.24, 2.45) is 0 Å². The van der Waals surface area contributed by atoms with Crippen molar-refractivity contribution in [1.29, 1.82) is 0 Å². The fourth-order valence-corrected chi connectivity index (χ4v) is 1.60. The molecule has 1 heterocycles. The number of hydrogen-bond donors (Lipinski definition) is 1. The zero-order chi connectivity index (χ0) is 14.5. The van der Waals surface area contributed by atoms with E-state index in [0.29, 0.717) is 23.0 Å². The van der Waals surface area contributed by atoms with Crippen LogP contribution in [0.5, 0.6) is 23.0 Å². The van der Waals surface area contributed by atoms with E-state index in [-0.39, 0.29) is 5.69 Å². The molecule has 0 radical (unpaired) electrons. The summed E-state index contributed by atoms with van der Waals surface area (Å²) in [5, 5.41) is 8.79. The number of pyridine rings is 1. The van der Waals surface area contributed by atoms with Crippen LogP contribution in [0, 0.1) is 0 Å². The highest BCUT2D eigenvalue weighted by atomic mass is 16.5. The van der Waals surface area contributed by atoms with Crippen molar-refractivity contribution in [3.63, 3.8) is 0 Å². The number of carboxylic acids is 1. The molecule has 0 saturated heterocycles. The molecule has 1 N–H and O–H groups in total. The van der Waals surface area contributed by atoms with Crippen molar-refractivity contribution >= 4 is 5.97 Å². The zero-order valence-electron chi connectivity index (χ0n) is 11.0. The van der Waals surface area contributed by atoms with Gasteiger partial charge in [-0.05, 0) is 24.3 Å². The minimum absolute atomic E-state index is 0.0515. The summed E-state index contributed by atoms with van der Waals surface area (Å²) in [5.41, 5.74) is -0.0515. The van der Waals surface area contributed by atoms with Crippen LogP contribution in [-0.2, 0) is 0 Å². The van der Waals surface area contributed by atoms with E-state index in [1.54, 1.807) is 18.2 Å². The van der Waals surface area contributed by atoms with Crippen LogP contribution in [0.2, 0.25) is 0 Å². The average Bonchev–Trinajstić information content (AvgIpc) is 2.48. The van der Waals surface area contributed by atoms with E-state index in [1.165, 1.54) is 32.5 Å². The molecule has 0 aliphatic rings. The van der Waals surface area contributed by atoms with Gasteiger partial charge in [0.1, 0.15) is 11.4 Å². The van der Waals surface area contributed by atoms with Crippen LogP contribution in [-0.4, -0.2) is 30.3 Å². The lowest BCUT2D eigenvalue weighted by molar-refractivity contribution is 0.0690. The highest BCUT2D eigenvalue weighted by molar-refractivity contribution is 5.85. The third-order valence-electron chi connectivity index (χ3n) is 2.56. The van der Waals surface area contributed by atoms with Gasteiger partial charge in [0.2, 0.25) is 5.75 Å². The Morgan fingerprint density at radius 1 is 1.10 bits per heavy atom. The number of methoxy groups -OCH3 is 2. The molecule has 0 bridgehead atoms. The predicted octanol–water partition coefficient (Wildman–Crippen LogP) is 2.59. The molecule has 2 aromatic rings. The Hall–Kier alpha value is -2.76. The number of aromatic nitrogens is 1. The summed E-state index contributed by atoms with van der Waals surface area (Å²) in [6, 6.07) is 8.12. The van der Waals surface area contributed by atoms with Gasteiger partial charge in [-0.3, -0.25) is 0 Å². The molecule has 1 aromatic carbocycles. The number of carboxylic acid groups (broad SMARTS) is 1. The van der Waals surface area contributed by atoms with Gasteiger partial charge in [-0.25, -0.2) is 9.78 Å². The van der Waals surface area contributed by atoms with Crippen LogP contribution in [0.25, 0.3) is 0 Å². The Morgan fingerprint density at radius 2 is 1.75 bits per heavy atom. The van der Waals surface area contributed by atoms with Gasteiger partial charge in [0.25, 0.3) is 0 Å². The Balaban J connectivity index is 2.31. The molecule has 0 aliphatic carbocycles. The van der Waals surface area contributed by atoms with Crippen molar-refractivity contribution in [1.82, 2.24) is 4.98 Å². The van der Waals surface area contributed by atoms with E-state index in [0.717, 1.165) is 0 Å². The fraction of sp³-hybridized carbons (Fsp3) is 0.143. The maximum absolute atomic E-state index is 10.7. The maximum Gasteiger partial charge on any atom is 0.354 e.